The summed E-state index contributed by atoms with van der Waals surface area (Å²) in [7, 11) is 0. The van der Waals surface area contributed by atoms with Crippen molar-refractivity contribution in [3.8, 4) is 44.5 Å². The lowest BCUT2D eigenvalue weighted by Crippen LogP contribution is -1.92. The highest BCUT2D eigenvalue weighted by molar-refractivity contribution is 5.79. The maximum Gasteiger partial charge on any atom is -0.00141 e. The number of hydrogen-bond acceptors (Lipinski definition) is 0. The molecule has 0 heteroatoms. The summed E-state index contributed by atoms with van der Waals surface area (Å²) in [6, 6.07) is 47.0. The molecule has 0 unspecified atom stereocenters. The first-order valence-corrected chi connectivity index (χ1v) is 11.6. The minimum atomic E-state index is 0.437. The van der Waals surface area contributed by atoms with Gasteiger partial charge in [0, 0.05) is 0 Å². The smallest absolute Gasteiger partial charge is 0.00141 e. The molecule has 0 nitrogen and oxygen atoms in total. The van der Waals surface area contributed by atoms with Crippen molar-refractivity contribution < 1.29 is 0 Å². The molecule has 0 spiro atoms. The van der Waals surface area contributed by atoms with Crippen molar-refractivity contribution in [3.63, 3.8) is 0 Å². The standard InChI is InChI=1S/C33H27/c1-24(2)31-21-32(29-17-9-15-27(19-29)25-11-5-3-6-12-25)23-33(22-31)30-18-10-16-28(20-30)26-13-7-4-8-14-26/h3-22,24H,1-2H3. The molecule has 33 heavy (non-hydrogen) atoms. The van der Waals surface area contributed by atoms with Crippen LogP contribution in [0.25, 0.3) is 44.5 Å². The van der Waals surface area contributed by atoms with Crippen LogP contribution in [0, 0.1) is 6.07 Å². The summed E-state index contributed by atoms with van der Waals surface area (Å²) >= 11 is 0. The fourth-order valence-electron chi connectivity index (χ4n) is 4.23. The Hall–Kier alpha value is -3.90. The SMILES string of the molecule is CC(C)c1cc(-c2cccc(-c3ccccc3)c2)[c]c(-c2cccc(-c3ccccc3)c2)c1. The maximum absolute atomic E-state index is 3.73. The Morgan fingerprint density at radius 3 is 1.24 bits per heavy atom. The van der Waals surface area contributed by atoms with Gasteiger partial charge < -0.3 is 0 Å². The van der Waals surface area contributed by atoms with Crippen molar-refractivity contribution in [3.05, 3.63) is 133 Å². The Morgan fingerprint density at radius 1 is 0.424 bits per heavy atom. The van der Waals surface area contributed by atoms with Gasteiger partial charge in [-0.15, -0.1) is 0 Å². The van der Waals surface area contributed by atoms with E-state index < -0.39 is 0 Å². The summed E-state index contributed by atoms with van der Waals surface area (Å²) in [6.07, 6.45) is 0. The third-order valence-electron chi connectivity index (χ3n) is 6.12. The lowest BCUT2D eigenvalue weighted by atomic mass is 9.90. The van der Waals surface area contributed by atoms with Crippen LogP contribution < -0.4 is 0 Å². The zero-order chi connectivity index (χ0) is 22.6. The zero-order valence-corrected chi connectivity index (χ0v) is 19.1. The highest BCUT2D eigenvalue weighted by atomic mass is 14.1. The fraction of sp³-hybridized carbons (Fsp3) is 0.0909. The van der Waals surface area contributed by atoms with Crippen molar-refractivity contribution in [2.24, 2.45) is 0 Å². The second kappa shape index (κ2) is 9.30. The van der Waals surface area contributed by atoms with E-state index in [0.717, 1.165) is 11.1 Å². The van der Waals surface area contributed by atoms with E-state index in [-0.39, 0.29) is 0 Å². The van der Waals surface area contributed by atoms with Gasteiger partial charge in [-0.3, -0.25) is 0 Å². The van der Waals surface area contributed by atoms with Gasteiger partial charge in [-0.05, 0) is 74.2 Å². The lowest BCUT2D eigenvalue weighted by Gasteiger charge is -2.14. The highest BCUT2D eigenvalue weighted by Crippen LogP contribution is 2.34. The topological polar surface area (TPSA) is 0 Å². The molecule has 0 fully saturated rings. The summed E-state index contributed by atoms with van der Waals surface area (Å²) in [6.45, 7) is 4.51. The number of hydrogen-bond donors (Lipinski definition) is 0. The minimum Gasteiger partial charge on any atom is -0.0622 e. The van der Waals surface area contributed by atoms with Gasteiger partial charge >= 0.3 is 0 Å². The van der Waals surface area contributed by atoms with Gasteiger partial charge in [-0.1, -0.05) is 123 Å². The van der Waals surface area contributed by atoms with Crippen LogP contribution in [0.2, 0.25) is 0 Å². The molecule has 0 aliphatic carbocycles. The molecule has 159 valence electrons. The lowest BCUT2D eigenvalue weighted by molar-refractivity contribution is 0.867. The van der Waals surface area contributed by atoms with Crippen LogP contribution in [-0.4, -0.2) is 0 Å². The van der Waals surface area contributed by atoms with Gasteiger partial charge in [0.2, 0.25) is 0 Å². The van der Waals surface area contributed by atoms with E-state index >= 15 is 0 Å². The van der Waals surface area contributed by atoms with Crippen molar-refractivity contribution in [1.29, 1.82) is 0 Å². The molecule has 0 N–H and O–H groups in total. The Balaban J connectivity index is 1.60. The molecular weight excluding hydrogens is 396 g/mol. The first-order valence-electron chi connectivity index (χ1n) is 11.6. The van der Waals surface area contributed by atoms with Crippen molar-refractivity contribution in [2.45, 2.75) is 19.8 Å². The molecule has 0 heterocycles. The monoisotopic (exact) mass is 423 g/mol. The normalized spacial score (nSPS) is 11.0. The van der Waals surface area contributed by atoms with Crippen LogP contribution in [0.5, 0.6) is 0 Å². The average Bonchev–Trinajstić information content (AvgIpc) is 2.89. The van der Waals surface area contributed by atoms with Gasteiger partial charge in [0.05, 0.1) is 0 Å². The van der Waals surface area contributed by atoms with Crippen LogP contribution in [0.3, 0.4) is 0 Å². The largest absolute Gasteiger partial charge is 0.0622 e. The molecule has 0 aliphatic heterocycles. The molecule has 0 saturated heterocycles. The Bertz CT molecular complexity index is 1260. The van der Waals surface area contributed by atoms with Gasteiger partial charge in [0.1, 0.15) is 0 Å². The summed E-state index contributed by atoms with van der Waals surface area (Å²) in [5.41, 5.74) is 10.9. The first kappa shape index (κ1) is 21.0. The van der Waals surface area contributed by atoms with Crippen LogP contribution in [0.1, 0.15) is 25.3 Å². The maximum atomic E-state index is 3.73. The van der Waals surface area contributed by atoms with Gasteiger partial charge in [0.25, 0.3) is 0 Å². The molecule has 1 radical (unpaired) electrons. The van der Waals surface area contributed by atoms with Gasteiger partial charge in [-0.2, -0.15) is 0 Å². The van der Waals surface area contributed by atoms with Crippen molar-refractivity contribution >= 4 is 0 Å². The van der Waals surface area contributed by atoms with Crippen LogP contribution >= 0.6 is 0 Å². The molecule has 0 saturated carbocycles. The highest BCUT2D eigenvalue weighted by Gasteiger charge is 2.10. The van der Waals surface area contributed by atoms with E-state index in [0.29, 0.717) is 5.92 Å². The van der Waals surface area contributed by atoms with Crippen molar-refractivity contribution in [1.82, 2.24) is 0 Å². The molecule has 5 aromatic rings. The predicted molar refractivity (Wildman–Crippen MR) is 141 cm³/mol. The van der Waals surface area contributed by atoms with E-state index in [1.807, 2.05) is 0 Å². The Kier molecular flexibility index (Phi) is 5.91. The molecule has 0 bridgehead atoms. The van der Waals surface area contributed by atoms with Crippen LogP contribution in [0.15, 0.2) is 121 Å². The number of rotatable bonds is 5. The third-order valence-corrected chi connectivity index (χ3v) is 6.12. The zero-order valence-electron chi connectivity index (χ0n) is 19.1. The van der Waals surface area contributed by atoms with E-state index in [2.05, 4.69) is 141 Å². The van der Waals surface area contributed by atoms with Gasteiger partial charge in [-0.25, -0.2) is 0 Å². The minimum absolute atomic E-state index is 0.437. The van der Waals surface area contributed by atoms with Gasteiger partial charge in [0.15, 0.2) is 0 Å². The van der Waals surface area contributed by atoms with E-state index in [9.17, 15) is 0 Å². The average molecular weight is 424 g/mol. The molecule has 5 rings (SSSR count). The Morgan fingerprint density at radius 2 is 0.818 bits per heavy atom. The van der Waals surface area contributed by atoms with E-state index in [1.165, 1.54) is 38.9 Å². The van der Waals surface area contributed by atoms with Crippen molar-refractivity contribution in [2.75, 3.05) is 0 Å². The molecule has 5 aromatic carbocycles. The summed E-state index contributed by atoms with van der Waals surface area (Å²) < 4.78 is 0. The predicted octanol–water partition coefficient (Wildman–Crippen LogP) is 9.28. The fourth-order valence-corrected chi connectivity index (χ4v) is 4.23. The third kappa shape index (κ3) is 4.66. The number of benzene rings is 5. The van der Waals surface area contributed by atoms with Crippen LogP contribution in [0.4, 0.5) is 0 Å². The quantitative estimate of drug-likeness (QED) is 0.264. The molecule has 0 aromatic heterocycles. The summed E-state index contributed by atoms with van der Waals surface area (Å²) in [5.74, 6) is 0.437. The second-order valence-electron chi connectivity index (χ2n) is 8.79. The summed E-state index contributed by atoms with van der Waals surface area (Å²) in [5, 5.41) is 0. The molecular formula is C33H27. The Labute approximate surface area is 197 Å². The van der Waals surface area contributed by atoms with E-state index in [4.69, 9.17) is 0 Å². The molecule has 0 atom stereocenters. The second-order valence-corrected chi connectivity index (χ2v) is 8.79. The molecule has 0 aliphatic rings. The molecule has 0 amide bonds. The summed E-state index contributed by atoms with van der Waals surface area (Å²) in [4.78, 5) is 0. The first-order chi connectivity index (χ1) is 16.2. The van der Waals surface area contributed by atoms with E-state index in [1.54, 1.807) is 0 Å². The van der Waals surface area contributed by atoms with Crippen LogP contribution in [-0.2, 0) is 0 Å².